The fourth-order valence-corrected chi connectivity index (χ4v) is 5.20. The van der Waals surface area contributed by atoms with E-state index in [2.05, 4.69) is 21.7 Å². The smallest absolute Gasteiger partial charge is 0.248 e. The molecule has 162 valence electrons. The zero-order valence-corrected chi connectivity index (χ0v) is 18.5. The van der Waals surface area contributed by atoms with Gasteiger partial charge < -0.3 is 15.6 Å². The van der Waals surface area contributed by atoms with Gasteiger partial charge in [-0.3, -0.25) is 9.78 Å². The molecule has 2 aliphatic rings. The van der Waals surface area contributed by atoms with Crippen LogP contribution in [0.15, 0.2) is 35.1 Å². The van der Waals surface area contributed by atoms with Crippen molar-refractivity contribution in [3.05, 3.63) is 68.2 Å². The molecule has 0 spiro atoms. The van der Waals surface area contributed by atoms with E-state index in [0.717, 1.165) is 67.8 Å². The summed E-state index contributed by atoms with van der Waals surface area (Å²) in [5.41, 5.74) is 7.27. The third-order valence-corrected chi connectivity index (χ3v) is 6.86. The van der Waals surface area contributed by atoms with E-state index in [1.807, 2.05) is 18.2 Å². The first kappa shape index (κ1) is 20.5. The summed E-state index contributed by atoms with van der Waals surface area (Å²) >= 11 is 6.23. The zero-order valence-electron chi connectivity index (χ0n) is 17.8. The summed E-state index contributed by atoms with van der Waals surface area (Å²) in [6.45, 7) is 1.91. The number of hydrogen-bond acceptors (Lipinski definition) is 4. The van der Waals surface area contributed by atoms with Crippen LogP contribution in [0.25, 0.3) is 10.9 Å². The highest BCUT2D eigenvalue weighted by molar-refractivity contribution is 6.31. The van der Waals surface area contributed by atoms with Gasteiger partial charge in [0.05, 0.1) is 5.52 Å². The molecule has 6 heteroatoms. The first-order chi connectivity index (χ1) is 15.2. The third kappa shape index (κ3) is 4.48. The first-order valence-corrected chi connectivity index (χ1v) is 11.8. The number of rotatable bonds is 6. The van der Waals surface area contributed by atoms with Crippen molar-refractivity contribution in [1.82, 2.24) is 15.3 Å². The highest BCUT2D eigenvalue weighted by atomic mass is 35.5. The highest BCUT2D eigenvalue weighted by Gasteiger charge is 2.20. The Morgan fingerprint density at radius 1 is 1.10 bits per heavy atom. The van der Waals surface area contributed by atoms with Crippen molar-refractivity contribution in [1.29, 1.82) is 0 Å². The molecule has 0 bridgehead atoms. The van der Waals surface area contributed by atoms with Crippen molar-refractivity contribution in [3.8, 4) is 0 Å². The highest BCUT2D eigenvalue weighted by Crippen LogP contribution is 2.34. The summed E-state index contributed by atoms with van der Waals surface area (Å²) in [7, 11) is 0. The van der Waals surface area contributed by atoms with Crippen LogP contribution in [0, 0.1) is 0 Å². The molecule has 0 saturated heterocycles. The molecule has 1 aromatic carbocycles. The fraction of sp³-hybridized carbons (Fsp3) is 0.440. The second kappa shape index (κ2) is 9.01. The molecule has 2 aliphatic carbocycles. The summed E-state index contributed by atoms with van der Waals surface area (Å²) in [6.07, 6.45) is 8.67. The maximum atomic E-state index is 11.5. The summed E-state index contributed by atoms with van der Waals surface area (Å²) in [5, 5.41) is 9.36. The van der Waals surface area contributed by atoms with Crippen LogP contribution in [0.4, 0.5) is 5.69 Å². The van der Waals surface area contributed by atoms with Gasteiger partial charge in [-0.25, -0.2) is 0 Å². The molecule has 5 rings (SSSR count). The first-order valence-electron chi connectivity index (χ1n) is 11.5. The molecular formula is C25H29ClN4O. The quantitative estimate of drug-likeness (QED) is 0.501. The number of anilines is 1. The lowest BCUT2D eigenvalue weighted by Crippen LogP contribution is -2.36. The predicted octanol–water partition coefficient (Wildman–Crippen LogP) is 4.40. The lowest BCUT2D eigenvalue weighted by molar-refractivity contribution is 0.452. The van der Waals surface area contributed by atoms with Crippen molar-refractivity contribution < 1.29 is 0 Å². The minimum Gasteiger partial charge on any atom is -0.384 e. The Bertz CT molecular complexity index is 1160. The molecule has 0 amide bonds. The largest absolute Gasteiger partial charge is 0.384 e. The molecule has 0 saturated carbocycles. The van der Waals surface area contributed by atoms with Crippen LogP contribution in [-0.4, -0.2) is 29.1 Å². The van der Waals surface area contributed by atoms with E-state index in [4.69, 9.17) is 16.6 Å². The van der Waals surface area contributed by atoms with Gasteiger partial charge in [0, 0.05) is 46.1 Å². The second-order valence-electron chi connectivity index (χ2n) is 8.78. The number of fused-ring (bicyclic) bond motifs is 3. The molecule has 1 unspecified atom stereocenters. The predicted molar refractivity (Wildman–Crippen MR) is 127 cm³/mol. The molecule has 31 heavy (non-hydrogen) atoms. The Morgan fingerprint density at radius 3 is 2.94 bits per heavy atom. The average Bonchev–Trinajstić information content (AvgIpc) is 2.78. The maximum absolute atomic E-state index is 11.5. The van der Waals surface area contributed by atoms with Gasteiger partial charge in [0.25, 0.3) is 0 Å². The molecule has 3 N–H and O–H groups in total. The van der Waals surface area contributed by atoms with Gasteiger partial charge in [-0.05, 0) is 87.2 Å². The average molecular weight is 437 g/mol. The van der Waals surface area contributed by atoms with E-state index in [0.29, 0.717) is 6.04 Å². The van der Waals surface area contributed by atoms with E-state index in [1.54, 1.807) is 6.07 Å². The summed E-state index contributed by atoms with van der Waals surface area (Å²) in [6, 6.07) is 10.1. The SMILES string of the molecule is O=c1ccc2c([nH]1)CCC(NCCCNc1c3c(nc4cc(Cl)ccc14)CCCC3)C2. The summed E-state index contributed by atoms with van der Waals surface area (Å²) < 4.78 is 0. The number of aromatic amines is 1. The van der Waals surface area contributed by atoms with Crippen LogP contribution in [0.2, 0.25) is 5.02 Å². The Balaban J connectivity index is 1.20. The molecule has 1 atom stereocenters. The molecule has 0 radical (unpaired) electrons. The number of hydrogen-bond donors (Lipinski definition) is 3. The van der Waals surface area contributed by atoms with Crippen molar-refractivity contribution in [3.63, 3.8) is 0 Å². The Morgan fingerprint density at radius 2 is 2.00 bits per heavy atom. The topological polar surface area (TPSA) is 69.8 Å². The lowest BCUT2D eigenvalue weighted by atomic mass is 9.92. The number of nitrogens with one attached hydrogen (secondary N) is 3. The Kier molecular flexibility index (Phi) is 5.97. The molecule has 3 aromatic rings. The van der Waals surface area contributed by atoms with Crippen LogP contribution >= 0.6 is 11.6 Å². The molecule has 2 heterocycles. The van der Waals surface area contributed by atoms with Crippen LogP contribution in [0.1, 0.15) is 48.2 Å². The monoisotopic (exact) mass is 436 g/mol. The van der Waals surface area contributed by atoms with Gasteiger partial charge in [-0.2, -0.15) is 0 Å². The third-order valence-electron chi connectivity index (χ3n) is 6.62. The van der Waals surface area contributed by atoms with Crippen LogP contribution < -0.4 is 16.2 Å². The maximum Gasteiger partial charge on any atom is 0.248 e. The van der Waals surface area contributed by atoms with Crippen molar-refractivity contribution in [2.45, 2.75) is 57.4 Å². The number of nitrogens with zero attached hydrogens (tertiary/aromatic N) is 1. The molecule has 0 aliphatic heterocycles. The number of aromatic nitrogens is 2. The van der Waals surface area contributed by atoms with E-state index in [-0.39, 0.29) is 5.56 Å². The van der Waals surface area contributed by atoms with E-state index < -0.39 is 0 Å². The summed E-state index contributed by atoms with van der Waals surface area (Å²) in [4.78, 5) is 19.4. The van der Waals surface area contributed by atoms with Gasteiger partial charge >= 0.3 is 0 Å². The minimum absolute atomic E-state index is 0.00401. The van der Waals surface area contributed by atoms with E-state index in [9.17, 15) is 4.79 Å². The van der Waals surface area contributed by atoms with E-state index >= 15 is 0 Å². The second-order valence-corrected chi connectivity index (χ2v) is 9.22. The standard InChI is InChI=1S/C25H29ClN4O/c26-17-7-9-20-23(15-17)29-22-5-2-1-4-19(22)25(20)28-13-3-12-27-18-8-10-21-16(14-18)6-11-24(31)30-21/h6-7,9,11,15,18,27H,1-5,8,10,12-14H2,(H,28,29)(H,30,31). The van der Waals surface area contributed by atoms with Gasteiger partial charge in [0.2, 0.25) is 5.56 Å². The van der Waals surface area contributed by atoms with Gasteiger partial charge in [-0.15, -0.1) is 0 Å². The number of pyridine rings is 2. The Labute approximate surface area is 187 Å². The lowest BCUT2D eigenvalue weighted by Gasteiger charge is -2.25. The van der Waals surface area contributed by atoms with Gasteiger partial charge in [0.1, 0.15) is 0 Å². The molecule has 5 nitrogen and oxygen atoms in total. The van der Waals surface area contributed by atoms with Gasteiger partial charge in [0.15, 0.2) is 0 Å². The number of aryl methyl sites for hydroxylation is 2. The number of halogens is 1. The minimum atomic E-state index is 0.00401. The van der Waals surface area contributed by atoms with Crippen LogP contribution in [-0.2, 0) is 25.7 Å². The Hall–Kier alpha value is -2.37. The fourth-order valence-electron chi connectivity index (χ4n) is 5.03. The summed E-state index contributed by atoms with van der Waals surface area (Å²) in [5.74, 6) is 0. The van der Waals surface area contributed by atoms with Gasteiger partial charge in [-0.1, -0.05) is 17.7 Å². The van der Waals surface area contributed by atoms with Crippen molar-refractivity contribution in [2.24, 2.45) is 0 Å². The van der Waals surface area contributed by atoms with Crippen molar-refractivity contribution in [2.75, 3.05) is 18.4 Å². The van der Waals surface area contributed by atoms with Crippen molar-refractivity contribution >= 4 is 28.2 Å². The molecule has 2 aromatic heterocycles. The molecule has 0 fully saturated rings. The normalized spacial score (nSPS) is 17.9. The van der Waals surface area contributed by atoms with E-state index in [1.165, 1.54) is 40.7 Å². The number of H-pyrrole nitrogens is 1. The van der Waals surface area contributed by atoms with Crippen LogP contribution in [0.5, 0.6) is 0 Å². The zero-order chi connectivity index (χ0) is 21.2. The van der Waals surface area contributed by atoms with Crippen LogP contribution in [0.3, 0.4) is 0 Å². The number of benzene rings is 1. The molecular weight excluding hydrogens is 408 g/mol.